The molecular weight excluding hydrogens is 294 g/mol. The average molecular weight is 315 g/mol. The third-order valence-corrected chi connectivity index (χ3v) is 4.81. The summed E-state index contributed by atoms with van der Waals surface area (Å²) in [5, 5.41) is 2.50. The van der Waals surface area contributed by atoms with E-state index in [1.165, 1.54) is 27.5 Å². The fourth-order valence-electron chi connectivity index (χ4n) is 3.59. The number of para-hydroxylation sites is 2. The molecule has 0 aliphatic rings. The highest BCUT2D eigenvalue weighted by Crippen LogP contribution is 2.34. The van der Waals surface area contributed by atoms with Crippen molar-refractivity contribution in [2.24, 2.45) is 0 Å². The zero-order chi connectivity index (χ0) is 16.5. The van der Waals surface area contributed by atoms with Crippen molar-refractivity contribution in [1.82, 2.24) is 9.97 Å². The Bertz CT molecular complexity index is 981. The zero-order valence-corrected chi connectivity index (χ0v) is 14.0. The van der Waals surface area contributed by atoms with E-state index in [0.717, 1.165) is 12.1 Å². The van der Waals surface area contributed by atoms with Crippen LogP contribution in [0.15, 0.2) is 67.0 Å². The Morgan fingerprint density at radius 2 is 1.75 bits per heavy atom. The highest BCUT2D eigenvalue weighted by Gasteiger charge is 2.19. The van der Waals surface area contributed by atoms with E-state index in [4.69, 9.17) is 0 Å². The van der Waals surface area contributed by atoms with Gasteiger partial charge in [-0.15, -0.1) is 0 Å². The lowest BCUT2D eigenvalue weighted by molar-refractivity contribution is 0.697. The predicted molar refractivity (Wildman–Crippen MR) is 101 cm³/mol. The number of nitrogens with one attached hydrogen (secondary N) is 1. The number of aromatic amines is 1. The number of pyridine rings is 1. The second-order valence-electron chi connectivity index (χ2n) is 6.10. The molecule has 1 unspecified atom stereocenters. The largest absolute Gasteiger partial charge is 0.364 e. The molecule has 2 heterocycles. The molecule has 0 aliphatic heterocycles. The fourth-order valence-corrected chi connectivity index (χ4v) is 3.59. The van der Waals surface area contributed by atoms with Crippen LogP contribution in [0.3, 0.4) is 0 Å². The minimum atomic E-state index is 0.275. The van der Waals surface area contributed by atoms with Crippen molar-refractivity contribution >= 4 is 27.5 Å². The first kappa shape index (κ1) is 14.8. The number of benzene rings is 2. The number of aromatic nitrogens is 2. The number of anilines is 1. The lowest BCUT2D eigenvalue weighted by Gasteiger charge is -2.31. The SMILES string of the molecule is CCN(c1ccnc2ccccc12)C(C)c1c[nH]c2ccccc12. The van der Waals surface area contributed by atoms with Crippen molar-refractivity contribution in [2.75, 3.05) is 11.4 Å². The lowest BCUT2D eigenvalue weighted by Crippen LogP contribution is -2.26. The number of H-pyrrole nitrogens is 1. The van der Waals surface area contributed by atoms with E-state index in [1.807, 2.05) is 12.3 Å². The quantitative estimate of drug-likeness (QED) is 0.554. The summed E-state index contributed by atoms with van der Waals surface area (Å²) in [4.78, 5) is 10.3. The van der Waals surface area contributed by atoms with Gasteiger partial charge in [0.15, 0.2) is 0 Å². The molecule has 0 bridgehead atoms. The molecular formula is C21H21N3. The molecule has 3 heteroatoms. The molecule has 0 radical (unpaired) electrons. The van der Waals surface area contributed by atoms with Gasteiger partial charge in [-0.25, -0.2) is 0 Å². The number of fused-ring (bicyclic) bond motifs is 2. The summed E-state index contributed by atoms with van der Waals surface area (Å²) in [6, 6.07) is 19.2. The van der Waals surface area contributed by atoms with Gasteiger partial charge in [-0.1, -0.05) is 36.4 Å². The third kappa shape index (κ3) is 2.33. The Kier molecular flexibility index (Phi) is 3.69. The van der Waals surface area contributed by atoms with Gasteiger partial charge in [-0.3, -0.25) is 4.98 Å². The molecule has 4 aromatic rings. The smallest absolute Gasteiger partial charge is 0.0722 e. The predicted octanol–water partition coefficient (Wildman–Crippen LogP) is 5.30. The summed E-state index contributed by atoms with van der Waals surface area (Å²) in [5.41, 5.74) is 4.80. The number of nitrogens with zero attached hydrogens (tertiary/aromatic N) is 2. The van der Waals surface area contributed by atoms with Gasteiger partial charge in [0.1, 0.15) is 0 Å². The Morgan fingerprint density at radius 3 is 2.58 bits per heavy atom. The molecule has 120 valence electrons. The third-order valence-electron chi connectivity index (χ3n) is 4.81. The van der Waals surface area contributed by atoms with Gasteiger partial charge < -0.3 is 9.88 Å². The van der Waals surface area contributed by atoms with Gasteiger partial charge in [-0.05, 0) is 37.6 Å². The number of hydrogen-bond acceptors (Lipinski definition) is 2. The minimum absolute atomic E-state index is 0.275. The Balaban J connectivity index is 1.83. The van der Waals surface area contributed by atoms with Crippen LogP contribution in [0, 0.1) is 0 Å². The maximum atomic E-state index is 4.50. The molecule has 2 aromatic heterocycles. The maximum Gasteiger partial charge on any atom is 0.0722 e. The van der Waals surface area contributed by atoms with Crippen molar-refractivity contribution in [1.29, 1.82) is 0 Å². The van der Waals surface area contributed by atoms with Crippen molar-refractivity contribution in [2.45, 2.75) is 19.9 Å². The van der Waals surface area contributed by atoms with Gasteiger partial charge in [-0.2, -0.15) is 0 Å². The van der Waals surface area contributed by atoms with Crippen LogP contribution in [0.1, 0.15) is 25.5 Å². The molecule has 0 fully saturated rings. The van der Waals surface area contributed by atoms with E-state index < -0.39 is 0 Å². The van der Waals surface area contributed by atoms with E-state index in [0.29, 0.717) is 0 Å². The molecule has 0 saturated heterocycles. The normalized spacial score (nSPS) is 12.6. The summed E-state index contributed by atoms with van der Waals surface area (Å²) in [7, 11) is 0. The molecule has 24 heavy (non-hydrogen) atoms. The average Bonchev–Trinajstić information content (AvgIpc) is 3.06. The second-order valence-corrected chi connectivity index (χ2v) is 6.10. The highest BCUT2D eigenvalue weighted by molar-refractivity contribution is 5.92. The van der Waals surface area contributed by atoms with Crippen LogP contribution in [0.5, 0.6) is 0 Å². The van der Waals surface area contributed by atoms with E-state index >= 15 is 0 Å². The van der Waals surface area contributed by atoms with E-state index in [1.54, 1.807) is 0 Å². The van der Waals surface area contributed by atoms with Crippen LogP contribution in [-0.2, 0) is 0 Å². The second kappa shape index (κ2) is 6.00. The molecule has 0 aliphatic carbocycles. The Hall–Kier alpha value is -2.81. The summed E-state index contributed by atoms with van der Waals surface area (Å²) in [6.07, 6.45) is 4.05. The van der Waals surface area contributed by atoms with E-state index in [-0.39, 0.29) is 6.04 Å². The molecule has 2 aromatic carbocycles. The van der Waals surface area contributed by atoms with Crippen LogP contribution in [-0.4, -0.2) is 16.5 Å². The molecule has 0 spiro atoms. The van der Waals surface area contributed by atoms with Gasteiger partial charge in [0.25, 0.3) is 0 Å². The van der Waals surface area contributed by atoms with Crippen molar-refractivity contribution in [3.63, 3.8) is 0 Å². The van der Waals surface area contributed by atoms with Gasteiger partial charge in [0, 0.05) is 40.9 Å². The monoisotopic (exact) mass is 315 g/mol. The highest BCUT2D eigenvalue weighted by atomic mass is 15.2. The summed E-state index contributed by atoms with van der Waals surface area (Å²) in [6.45, 7) is 5.42. The molecule has 1 N–H and O–H groups in total. The summed E-state index contributed by atoms with van der Waals surface area (Å²) < 4.78 is 0. The van der Waals surface area contributed by atoms with Crippen LogP contribution < -0.4 is 4.90 Å². The topological polar surface area (TPSA) is 31.9 Å². The zero-order valence-electron chi connectivity index (χ0n) is 14.0. The summed E-state index contributed by atoms with van der Waals surface area (Å²) >= 11 is 0. The first-order valence-electron chi connectivity index (χ1n) is 8.46. The van der Waals surface area contributed by atoms with Crippen molar-refractivity contribution in [3.8, 4) is 0 Å². The molecule has 0 saturated carbocycles. The van der Waals surface area contributed by atoms with Crippen molar-refractivity contribution in [3.05, 3.63) is 72.6 Å². The van der Waals surface area contributed by atoms with Gasteiger partial charge in [0.05, 0.1) is 11.6 Å². The van der Waals surface area contributed by atoms with E-state index in [9.17, 15) is 0 Å². The van der Waals surface area contributed by atoms with Crippen LogP contribution in [0.2, 0.25) is 0 Å². The standard InChI is InChI=1S/C21H21N3/c1-3-24(21-12-13-22-20-11-7-5-9-17(20)21)15(2)18-14-23-19-10-6-4-8-16(18)19/h4-15,23H,3H2,1-2H3. The van der Waals surface area contributed by atoms with Gasteiger partial charge >= 0.3 is 0 Å². The van der Waals surface area contributed by atoms with Crippen molar-refractivity contribution < 1.29 is 0 Å². The van der Waals surface area contributed by atoms with Gasteiger partial charge in [0.2, 0.25) is 0 Å². The first-order chi connectivity index (χ1) is 11.8. The molecule has 0 amide bonds. The summed E-state index contributed by atoms with van der Waals surface area (Å²) in [5.74, 6) is 0. The molecule has 3 nitrogen and oxygen atoms in total. The maximum absolute atomic E-state index is 4.50. The Morgan fingerprint density at radius 1 is 1.00 bits per heavy atom. The number of rotatable bonds is 4. The first-order valence-corrected chi connectivity index (χ1v) is 8.46. The van der Waals surface area contributed by atoms with Crippen LogP contribution >= 0.6 is 0 Å². The van der Waals surface area contributed by atoms with Crippen LogP contribution in [0.25, 0.3) is 21.8 Å². The molecule has 1 atom stereocenters. The number of hydrogen-bond donors (Lipinski definition) is 1. The fraction of sp³-hybridized carbons (Fsp3) is 0.190. The minimum Gasteiger partial charge on any atom is -0.364 e. The van der Waals surface area contributed by atoms with Crippen LogP contribution in [0.4, 0.5) is 5.69 Å². The molecule has 4 rings (SSSR count). The van der Waals surface area contributed by atoms with E-state index in [2.05, 4.69) is 83.4 Å². The Labute approximate surface area is 142 Å². The lowest BCUT2D eigenvalue weighted by atomic mass is 10.0.